The molecule has 1 aromatic rings. The molecule has 0 radical (unpaired) electrons. The first-order chi connectivity index (χ1) is 7.09. The average molecular weight is 206 g/mol. The van der Waals surface area contributed by atoms with Crippen molar-refractivity contribution in [1.29, 1.82) is 0 Å². The first-order valence-electron chi connectivity index (χ1n) is 4.88. The fourth-order valence-electron chi connectivity index (χ4n) is 1.59. The Balaban J connectivity index is 2.54. The molecular weight excluding hydrogens is 192 g/mol. The third-order valence-electron chi connectivity index (χ3n) is 2.63. The summed E-state index contributed by atoms with van der Waals surface area (Å²) in [5, 5.41) is 0. The topological polar surface area (TPSA) is 55.6 Å². The van der Waals surface area contributed by atoms with E-state index in [-0.39, 0.29) is 5.91 Å². The molecule has 0 unspecified atom stereocenters. The highest BCUT2D eigenvalue weighted by Gasteiger charge is 2.21. The summed E-state index contributed by atoms with van der Waals surface area (Å²) in [5.74, 6) is 0.582. The lowest BCUT2D eigenvalue weighted by molar-refractivity contribution is 0.0796. The number of hydrogen-bond donors (Lipinski definition) is 1. The maximum absolute atomic E-state index is 11.9. The number of carbonyl (C=O) groups is 1. The number of carbonyl (C=O) groups excluding carboxylic acids is 1. The molecule has 0 fully saturated rings. The van der Waals surface area contributed by atoms with E-state index in [0.717, 1.165) is 5.56 Å². The van der Waals surface area contributed by atoms with Crippen LogP contribution in [-0.2, 0) is 0 Å². The first kappa shape index (κ1) is 9.83. The van der Waals surface area contributed by atoms with Gasteiger partial charge in [-0.2, -0.15) is 0 Å². The molecule has 1 aliphatic rings. The number of nitrogens with zero attached hydrogens (tertiary/aromatic N) is 1. The highest BCUT2D eigenvalue weighted by Crippen LogP contribution is 2.27. The SMILES string of the molecule is Cc1cc2c(cc1N)OCCN(C)C2=O. The molecule has 80 valence electrons. The molecule has 0 aliphatic carbocycles. The molecule has 4 nitrogen and oxygen atoms in total. The summed E-state index contributed by atoms with van der Waals surface area (Å²) in [6.07, 6.45) is 0. The standard InChI is InChI=1S/C11H14N2O2/c1-7-5-8-10(6-9(7)12)15-4-3-13(2)11(8)14/h5-6H,3-4,12H2,1-2H3. The van der Waals surface area contributed by atoms with Crippen molar-refractivity contribution in [2.45, 2.75) is 6.92 Å². The van der Waals surface area contributed by atoms with Crippen LogP contribution < -0.4 is 10.5 Å². The highest BCUT2D eigenvalue weighted by molar-refractivity contribution is 5.98. The van der Waals surface area contributed by atoms with Crippen LogP contribution in [0.25, 0.3) is 0 Å². The Kier molecular flexibility index (Phi) is 2.26. The van der Waals surface area contributed by atoms with Crippen LogP contribution in [-0.4, -0.2) is 31.0 Å². The van der Waals surface area contributed by atoms with E-state index < -0.39 is 0 Å². The molecule has 0 saturated heterocycles. The number of likely N-dealkylation sites (N-methyl/N-ethyl adjacent to an activating group) is 1. The number of ether oxygens (including phenoxy) is 1. The minimum atomic E-state index is -0.00870. The van der Waals surface area contributed by atoms with Gasteiger partial charge in [0.25, 0.3) is 5.91 Å². The van der Waals surface area contributed by atoms with Gasteiger partial charge in [0.2, 0.25) is 0 Å². The molecule has 0 saturated carbocycles. The van der Waals surface area contributed by atoms with E-state index in [2.05, 4.69) is 0 Å². The van der Waals surface area contributed by atoms with Gasteiger partial charge in [-0.15, -0.1) is 0 Å². The smallest absolute Gasteiger partial charge is 0.257 e. The van der Waals surface area contributed by atoms with Gasteiger partial charge in [-0.1, -0.05) is 0 Å². The quantitative estimate of drug-likeness (QED) is 0.645. The van der Waals surface area contributed by atoms with Gasteiger partial charge in [-0.3, -0.25) is 4.79 Å². The number of nitrogens with two attached hydrogens (primary N) is 1. The van der Waals surface area contributed by atoms with Gasteiger partial charge in [0.1, 0.15) is 12.4 Å². The minimum absolute atomic E-state index is 0.00870. The zero-order valence-corrected chi connectivity index (χ0v) is 8.91. The third kappa shape index (κ3) is 1.63. The van der Waals surface area contributed by atoms with Crippen molar-refractivity contribution in [3.05, 3.63) is 23.3 Å². The summed E-state index contributed by atoms with van der Waals surface area (Å²) in [6, 6.07) is 3.51. The van der Waals surface area contributed by atoms with E-state index in [0.29, 0.717) is 30.2 Å². The molecule has 1 aromatic carbocycles. The number of amides is 1. The predicted molar refractivity (Wildman–Crippen MR) is 58.0 cm³/mol. The zero-order valence-electron chi connectivity index (χ0n) is 8.91. The molecule has 1 aliphatic heterocycles. The van der Waals surface area contributed by atoms with Gasteiger partial charge in [0.15, 0.2) is 0 Å². The molecule has 4 heteroatoms. The molecule has 0 spiro atoms. The van der Waals surface area contributed by atoms with Crippen molar-refractivity contribution in [3.8, 4) is 5.75 Å². The number of aryl methyl sites for hydroxylation is 1. The molecule has 15 heavy (non-hydrogen) atoms. The Labute approximate surface area is 88.6 Å². The second-order valence-corrected chi connectivity index (χ2v) is 3.78. The second kappa shape index (κ2) is 3.46. The molecule has 2 N–H and O–H groups in total. The number of rotatable bonds is 0. The van der Waals surface area contributed by atoms with Crippen molar-refractivity contribution in [1.82, 2.24) is 4.90 Å². The highest BCUT2D eigenvalue weighted by atomic mass is 16.5. The summed E-state index contributed by atoms with van der Waals surface area (Å²) in [6.45, 7) is 3.00. The number of hydrogen-bond acceptors (Lipinski definition) is 3. The first-order valence-corrected chi connectivity index (χ1v) is 4.88. The molecule has 1 heterocycles. The lowest BCUT2D eigenvalue weighted by atomic mass is 10.1. The van der Waals surface area contributed by atoms with Gasteiger partial charge in [0.05, 0.1) is 12.1 Å². The van der Waals surface area contributed by atoms with Crippen molar-refractivity contribution in [3.63, 3.8) is 0 Å². The van der Waals surface area contributed by atoms with Gasteiger partial charge < -0.3 is 15.4 Å². The summed E-state index contributed by atoms with van der Waals surface area (Å²) >= 11 is 0. The fraction of sp³-hybridized carbons (Fsp3) is 0.364. The molecule has 2 rings (SSSR count). The Morgan fingerprint density at radius 3 is 2.93 bits per heavy atom. The van der Waals surface area contributed by atoms with Gasteiger partial charge in [-0.05, 0) is 18.6 Å². The van der Waals surface area contributed by atoms with Crippen molar-refractivity contribution in [2.75, 3.05) is 25.9 Å². The van der Waals surface area contributed by atoms with Crippen LogP contribution in [0.15, 0.2) is 12.1 Å². The Bertz CT molecular complexity index is 415. The van der Waals surface area contributed by atoms with Crippen LogP contribution in [0.4, 0.5) is 5.69 Å². The number of fused-ring (bicyclic) bond motifs is 1. The molecule has 0 aromatic heterocycles. The van der Waals surface area contributed by atoms with Crippen LogP contribution in [0.1, 0.15) is 15.9 Å². The van der Waals surface area contributed by atoms with Crippen molar-refractivity contribution in [2.24, 2.45) is 0 Å². The lowest BCUT2D eigenvalue weighted by Crippen LogP contribution is -2.27. The predicted octanol–water partition coefficient (Wildman–Crippen LogP) is 1.04. The van der Waals surface area contributed by atoms with Gasteiger partial charge in [0, 0.05) is 18.8 Å². The monoisotopic (exact) mass is 206 g/mol. The minimum Gasteiger partial charge on any atom is -0.491 e. The maximum atomic E-state index is 11.9. The van der Waals surface area contributed by atoms with Crippen LogP contribution in [0, 0.1) is 6.92 Å². The molecule has 0 atom stereocenters. The number of anilines is 1. The zero-order chi connectivity index (χ0) is 11.0. The Morgan fingerprint density at radius 2 is 2.20 bits per heavy atom. The van der Waals surface area contributed by atoms with E-state index in [1.54, 1.807) is 24.1 Å². The molecular formula is C11H14N2O2. The molecule has 0 bridgehead atoms. The third-order valence-corrected chi connectivity index (χ3v) is 2.63. The van der Waals surface area contributed by atoms with E-state index in [4.69, 9.17) is 10.5 Å². The summed E-state index contributed by atoms with van der Waals surface area (Å²) in [5.41, 5.74) is 7.93. The average Bonchev–Trinajstić information content (AvgIpc) is 2.32. The van der Waals surface area contributed by atoms with Crippen LogP contribution in [0.5, 0.6) is 5.75 Å². The maximum Gasteiger partial charge on any atom is 0.257 e. The van der Waals surface area contributed by atoms with Gasteiger partial charge in [-0.25, -0.2) is 0 Å². The fourth-order valence-corrected chi connectivity index (χ4v) is 1.59. The van der Waals surface area contributed by atoms with Gasteiger partial charge >= 0.3 is 0 Å². The molecule has 1 amide bonds. The lowest BCUT2D eigenvalue weighted by Gasteiger charge is -2.12. The van der Waals surface area contributed by atoms with Crippen molar-refractivity contribution >= 4 is 11.6 Å². The van der Waals surface area contributed by atoms with E-state index >= 15 is 0 Å². The van der Waals surface area contributed by atoms with Crippen LogP contribution in [0.3, 0.4) is 0 Å². The number of nitrogen functional groups attached to an aromatic ring is 1. The van der Waals surface area contributed by atoms with E-state index in [9.17, 15) is 4.79 Å². The Hall–Kier alpha value is -1.71. The van der Waals surface area contributed by atoms with Crippen LogP contribution >= 0.6 is 0 Å². The largest absolute Gasteiger partial charge is 0.491 e. The van der Waals surface area contributed by atoms with Crippen LogP contribution in [0.2, 0.25) is 0 Å². The summed E-state index contributed by atoms with van der Waals surface area (Å²) in [4.78, 5) is 13.6. The number of benzene rings is 1. The normalized spacial score (nSPS) is 15.6. The second-order valence-electron chi connectivity index (χ2n) is 3.78. The van der Waals surface area contributed by atoms with E-state index in [1.165, 1.54) is 0 Å². The summed E-state index contributed by atoms with van der Waals surface area (Å²) in [7, 11) is 1.77. The Morgan fingerprint density at radius 1 is 1.47 bits per heavy atom. The van der Waals surface area contributed by atoms with E-state index in [1.807, 2.05) is 6.92 Å². The van der Waals surface area contributed by atoms with Crippen molar-refractivity contribution < 1.29 is 9.53 Å². The summed E-state index contributed by atoms with van der Waals surface area (Å²) < 4.78 is 5.48.